The number of aliphatic carboxylic acids is 1. The summed E-state index contributed by atoms with van der Waals surface area (Å²) in [5.74, 6) is 0.0131. The number of aromatic nitrogens is 4. The van der Waals surface area contributed by atoms with Crippen LogP contribution >= 0.6 is 0 Å². The molecule has 1 fully saturated rings. The van der Waals surface area contributed by atoms with Crippen LogP contribution in [0.2, 0.25) is 0 Å². The first-order valence-corrected chi connectivity index (χ1v) is 11.2. The molecule has 1 aliphatic carbocycles. The molecule has 1 atom stereocenters. The first-order valence-electron chi connectivity index (χ1n) is 11.2. The summed E-state index contributed by atoms with van der Waals surface area (Å²) in [6.07, 6.45) is 10.2. The molecule has 1 unspecified atom stereocenters. The number of carbonyl (C=O) groups is 1. The van der Waals surface area contributed by atoms with Crippen LogP contribution < -0.4 is 11.2 Å². The Morgan fingerprint density at radius 1 is 1.19 bits per heavy atom. The zero-order chi connectivity index (χ0) is 22.7. The van der Waals surface area contributed by atoms with E-state index in [1.165, 1.54) is 29.9 Å². The van der Waals surface area contributed by atoms with Gasteiger partial charge in [0.15, 0.2) is 5.52 Å². The molecule has 2 aromatic heterocycles. The fraction of sp³-hybridized carbons (Fsp3) is 0.417. The first kappa shape index (κ1) is 21.8. The molecule has 0 aliphatic heterocycles. The van der Waals surface area contributed by atoms with Crippen LogP contribution in [0.4, 0.5) is 0 Å². The van der Waals surface area contributed by atoms with Crippen molar-refractivity contribution in [2.75, 3.05) is 0 Å². The lowest BCUT2D eigenvalue weighted by molar-refractivity contribution is -0.131. The molecular formula is C24H28N4O4. The van der Waals surface area contributed by atoms with Gasteiger partial charge in [-0.05, 0) is 30.4 Å². The van der Waals surface area contributed by atoms with Crippen LogP contribution in [0, 0.1) is 5.92 Å². The largest absolute Gasteiger partial charge is 0.478 e. The van der Waals surface area contributed by atoms with Gasteiger partial charge in [-0.1, -0.05) is 63.3 Å². The van der Waals surface area contributed by atoms with Crippen molar-refractivity contribution in [2.24, 2.45) is 5.92 Å². The lowest BCUT2D eigenvalue weighted by Gasteiger charge is -2.26. The lowest BCUT2D eigenvalue weighted by atomic mass is 9.84. The summed E-state index contributed by atoms with van der Waals surface area (Å²) in [5, 5.41) is 8.75. The molecule has 8 nitrogen and oxygen atoms in total. The van der Waals surface area contributed by atoms with E-state index in [0.717, 1.165) is 36.5 Å². The van der Waals surface area contributed by atoms with Crippen molar-refractivity contribution in [1.82, 2.24) is 19.5 Å². The fourth-order valence-corrected chi connectivity index (χ4v) is 4.64. The van der Waals surface area contributed by atoms with Crippen LogP contribution in [-0.2, 0) is 4.79 Å². The maximum Gasteiger partial charge on any atom is 0.330 e. The van der Waals surface area contributed by atoms with E-state index in [1.54, 1.807) is 24.3 Å². The van der Waals surface area contributed by atoms with Crippen LogP contribution in [0.15, 0.2) is 39.9 Å². The molecule has 168 valence electrons. The van der Waals surface area contributed by atoms with E-state index >= 15 is 0 Å². The van der Waals surface area contributed by atoms with Crippen molar-refractivity contribution in [2.45, 2.75) is 57.9 Å². The number of hydrogen-bond donors (Lipinski definition) is 3. The summed E-state index contributed by atoms with van der Waals surface area (Å²) < 4.78 is 1.35. The molecule has 1 aromatic carbocycles. The predicted molar refractivity (Wildman–Crippen MR) is 124 cm³/mol. The van der Waals surface area contributed by atoms with Gasteiger partial charge in [0, 0.05) is 17.7 Å². The average Bonchev–Trinajstić information content (AvgIpc) is 3.22. The standard InChI is InChI=1S/C24H28N4O4/c1-2-18(14-16-6-4-3-5-7-16)28-23(31)20-22(27-24(28)32)26-21(25-20)17-11-8-15(9-12-17)10-13-19(29)30/h8-13,16,18H,2-7,14H2,1H3,(H,25,26)(H,27,32)(H,29,30). The lowest BCUT2D eigenvalue weighted by Crippen LogP contribution is -2.38. The molecule has 0 bridgehead atoms. The smallest absolute Gasteiger partial charge is 0.330 e. The Hall–Kier alpha value is -3.42. The van der Waals surface area contributed by atoms with Crippen LogP contribution in [0.1, 0.15) is 63.5 Å². The second kappa shape index (κ2) is 9.38. The Bertz CT molecular complexity index is 1240. The SMILES string of the molecule is CCC(CC1CCCCC1)n1c(=O)[nH]c2[nH]c(-c3ccc(C=CC(=O)O)cc3)nc2c1=O. The molecule has 4 rings (SSSR count). The molecule has 0 saturated heterocycles. The van der Waals surface area contributed by atoms with E-state index in [2.05, 4.69) is 15.0 Å². The van der Waals surface area contributed by atoms with Gasteiger partial charge in [0.05, 0.1) is 0 Å². The second-order valence-electron chi connectivity index (χ2n) is 8.51. The number of carboxylic acid groups (broad SMARTS) is 1. The molecule has 1 aliphatic rings. The molecule has 3 N–H and O–H groups in total. The van der Waals surface area contributed by atoms with Crippen molar-refractivity contribution in [3.05, 3.63) is 56.7 Å². The van der Waals surface area contributed by atoms with E-state index in [4.69, 9.17) is 5.11 Å². The predicted octanol–water partition coefficient (Wildman–Crippen LogP) is 4.10. The number of benzene rings is 1. The number of fused-ring (bicyclic) bond motifs is 1. The maximum atomic E-state index is 13.2. The highest BCUT2D eigenvalue weighted by molar-refractivity contribution is 5.85. The van der Waals surface area contributed by atoms with Crippen LogP contribution in [0.3, 0.4) is 0 Å². The zero-order valence-corrected chi connectivity index (χ0v) is 18.1. The first-order chi connectivity index (χ1) is 15.5. The van der Waals surface area contributed by atoms with Crippen molar-refractivity contribution in [3.8, 4) is 11.4 Å². The quantitative estimate of drug-likeness (QED) is 0.482. The molecule has 0 spiro atoms. The van der Waals surface area contributed by atoms with Crippen LogP contribution in [0.25, 0.3) is 28.6 Å². The Morgan fingerprint density at radius 2 is 1.91 bits per heavy atom. The third kappa shape index (κ3) is 4.59. The summed E-state index contributed by atoms with van der Waals surface area (Å²) in [7, 11) is 0. The Balaban J connectivity index is 1.66. The molecule has 0 radical (unpaired) electrons. The maximum absolute atomic E-state index is 13.2. The number of H-pyrrole nitrogens is 2. The van der Waals surface area contributed by atoms with E-state index in [9.17, 15) is 14.4 Å². The minimum atomic E-state index is -1.01. The Kier molecular flexibility index (Phi) is 6.39. The number of aromatic amines is 2. The van der Waals surface area contributed by atoms with E-state index in [0.29, 0.717) is 23.8 Å². The third-order valence-corrected chi connectivity index (χ3v) is 6.34. The van der Waals surface area contributed by atoms with Gasteiger partial charge in [-0.2, -0.15) is 0 Å². The van der Waals surface area contributed by atoms with Crippen LogP contribution in [-0.4, -0.2) is 30.6 Å². The summed E-state index contributed by atoms with van der Waals surface area (Å²) in [6.45, 7) is 2.01. The fourth-order valence-electron chi connectivity index (χ4n) is 4.64. The Morgan fingerprint density at radius 3 is 2.56 bits per heavy atom. The summed E-state index contributed by atoms with van der Waals surface area (Å²) in [4.78, 5) is 47.0. The van der Waals surface area contributed by atoms with E-state index in [1.807, 2.05) is 6.92 Å². The highest BCUT2D eigenvalue weighted by atomic mass is 16.4. The number of carboxylic acids is 1. The van der Waals surface area contributed by atoms with Crippen molar-refractivity contribution in [1.29, 1.82) is 0 Å². The number of rotatable bonds is 7. The van der Waals surface area contributed by atoms with Gasteiger partial charge in [0.1, 0.15) is 11.5 Å². The zero-order valence-electron chi connectivity index (χ0n) is 18.1. The topological polar surface area (TPSA) is 121 Å². The normalized spacial score (nSPS) is 16.0. The summed E-state index contributed by atoms with van der Waals surface area (Å²) in [5.41, 5.74) is 1.22. The minimum absolute atomic E-state index is 0.140. The van der Waals surface area contributed by atoms with Crippen LogP contribution in [0.5, 0.6) is 0 Å². The van der Waals surface area contributed by atoms with Gasteiger partial charge in [-0.3, -0.25) is 14.3 Å². The van der Waals surface area contributed by atoms with Crippen molar-refractivity contribution < 1.29 is 9.90 Å². The molecule has 2 heterocycles. The third-order valence-electron chi connectivity index (χ3n) is 6.34. The monoisotopic (exact) mass is 436 g/mol. The van der Waals surface area contributed by atoms with E-state index < -0.39 is 11.7 Å². The highest BCUT2D eigenvalue weighted by Crippen LogP contribution is 2.31. The van der Waals surface area contributed by atoms with E-state index in [-0.39, 0.29) is 17.1 Å². The van der Waals surface area contributed by atoms with Gasteiger partial charge in [-0.25, -0.2) is 14.6 Å². The number of imidazole rings is 1. The van der Waals surface area contributed by atoms with Gasteiger partial charge < -0.3 is 10.1 Å². The van der Waals surface area contributed by atoms with Crippen molar-refractivity contribution >= 4 is 23.2 Å². The molecular weight excluding hydrogens is 408 g/mol. The van der Waals surface area contributed by atoms with Crippen molar-refractivity contribution in [3.63, 3.8) is 0 Å². The summed E-state index contributed by atoms with van der Waals surface area (Å²) >= 11 is 0. The molecule has 32 heavy (non-hydrogen) atoms. The highest BCUT2D eigenvalue weighted by Gasteiger charge is 2.23. The Labute approximate surface area is 185 Å². The van der Waals surface area contributed by atoms with Gasteiger partial charge in [0.2, 0.25) is 0 Å². The van der Waals surface area contributed by atoms with Gasteiger partial charge >= 0.3 is 11.7 Å². The molecule has 1 saturated carbocycles. The molecule has 8 heteroatoms. The average molecular weight is 437 g/mol. The number of nitrogens with one attached hydrogen (secondary N) is 2. The molecule has 0 amide bonds. The summed E-state index contributed by atoms with van der Waals surface area (Å²) in [6, 6.07) is 6.96. The second-order valence-corrected chi connectivity index (χ2v) is 8.51. The number of hydrogen-bond acceptors (Lipinski definition) is 4. The van der Waals surface area contributed by atoms with Gasteiger partial charge in [-0.15, -0.1) is 0 Å². The molecule has 3 aromatic rings. The number of nitrogens with zero attached hydrogens (tertiary/aromatic N) is 2. The minimum Gasteiger partial charge on any atom is -0.478 e. The van der Waals surface area contributed by atoms with Gasteiger partial charge in [0.25, 0.3) is 5.56 Å².